The van der Waals surface area contributed by atoms with Crippen molar-refractivity contribution in [3.05, 3.63) is 23.5 Å². The molecule has 0 saturated heterocycles. The highest BCUT2D eigenvalue weighted by molar-refractivity contribution is 5.26. The Labute approximate surface area is 121 Å². The van der Waals surface area contributed by atoms with E-state index in [1.54, 1.807) is 0 Å². The number of ether oxygens (including phenoxy) is 1. The SMILES string of the molecule is NCC(O)[C@@H](O)C1=CC(OCC2CCCCC2)=CCC1. The Morgan fingerprint density at radius 3 is 2.70 bits per heavy atom. The largest absolute Gasteiger partial charge is 0.494 e. The van der Waals surface area contributed by atoms with Crippen molar-refractivity contribution >= 4 is 0 Å². The van der Waals surface area contributed by atoms with E-state index in [-0.39, 0.29) is 6.54 Å². The topological polar surface area (TPSA) is 75.7 Å². The van der Waals surface area contributed by atoms with E-state index < -0.39 is 12.2 Å². The third kappa shape index (κ3) is 4.33. The van der Waals surface area contributed by atoms with Crippen LogP contribution in [0.25, 0.3) is 0 Å². The molecule has 0 bridgehead atoms. The second-order valence-electron chi connectivity index (χ2n) is 5.93. The predicted octanol–water partition coefficient (Wildman–Crippen LogP) is 1.87. The van der Waals surface area contributed by atoms with Crippen molar-refractivity contribution in [2.24, 2.45) is 11.7 Å². The lowest BCUT2D eigenvalue weighted by Gasteiger charge is -2.25. The van der Waals surface area contributed by atoms with Gasteiger partial charge in [0.25, 0.3) is 0 Å². The Kier molecular flexibility index (Phi) is 6.07. The fraction of sp³-hybridized carbons (Fsp3) is 0.750. The molecule has 0 amide bonds. The van der Waals surface area contributed by atoms with Gasteiger partial charge in [-0.15, -0.1) is 0 Å². The summed E-state index contributed by atoms with van der Waals surface area (Å²) in [6, 6.07) is 0. The third-order valence-electron chi connectivity index (χ3n) is 4.30. The maximum absolute atomic E-state index is 10.00. The highest BCUT2D eigenvalue weighted by atomic mass is 16.5. The van der Waals surface area contributed by atoms with E-state index in [1.165, 1.54) is 32.1 Å². The zero-order chi connectivity index (χ0) is 14.4. The molecule has 1 saturated carbocycles. The van der Waals surface area contributed by atoms with Gasteiger partial charge in [0.2, 0.25) is 0 Å². The first-order chi connectivity index (χ1) is 9.70. The van der Waals surface area contributed by atoms with Gasteiger partial charge in [-0.3, -0.25) is 0 Å². The summed E-state index contributed by atoms with van der Waals surface area (Å²) in [6.07, 6.45) is 10.3. The van der Waals surface area contributed by atoms with Crippen molar-refractivity contribution in [1.82, 2.24) is 0 Å². The van der Waals surface area contributed by atoms with Gasteiger partial charge < -0.3 is 20.7 Å². The third-order valence-corrected chi connectivity index (χ3v) is 4.30. The summed E-state index contributed by atoms with van der Waals surface area (Å²) in [7, 11) is 0. The zero-order valence-corrected chi connectivity index (χ0v) is 12.1. The fourth-order valence-electron chi connectivity index (χ4n) is 2.97. The molecule has 2 atom stereocenters. The minimum atomic E-state index is -0.890. The van der Waals surface area contributed by atoms with E-state index in [9.17, 15) is 10.2 Å². The van der Waals surface area contributed by atoms with Gasteiger partial charge in [0, 0.05) is 6.54 Å². The van der Waals surface area contributed by atoms with Crippen LogP contribution in [0.1, 0.15) is 44.9 Å². The Bertz CT molecular complexity index is 359. The van der Waals surface area contributed by atoms with Crippen LogP contribution in [0.5, 0.6) is 0 Å². The normalized spacial score (nSPS) is 23.8. The van der Waals surface area contributed by atoms with E-state index in [2.05, 4.69) is 6.08 Å². The molecule has 114 valence electrons. The molecule has 0 aromatic rings. The van der Waals surface area contributed by atoms with Gasteiger partial charge in [0.05, 0.1) is 12.7 Å². The molecular weight excluding hydrogens is 254 g/mol. The Morgan fingerprint density at radius 2 is 2.00 bits per heavy atom. The molecule has 4 N–H and O–H groups in total. The molecule has 1 fully saturated rings. The van der Waals surface area contributed by atoms with Gasteiger partial charge in [-0.05, 0) is 49.3 Å². The highest BCUT2D eigenvalue weighted by Crippen LogP contribution is 2.26. The molecule has 4 heteroatoms. The van der Waals surface area contributed by atoms with Gasteiger partial charge in [0.15, 0.2) is 0 Å². The minimum Gasteiger partial charge on any atom is -0.494 e. The van der Waals surface area contributed by atoms with Crippen LogP contribution in [0, 0.1) is 5.92 Å². The number of allylic oxidation sites excluding steroid dienone is 2. The van der Waals surface area contributed by atoms with Crippen molar-refractivity contribution in [3.8, 4) is 0 Å². The number of nitrogens with two attached hydrogens (primary N) is 1. The lowest BCUT2D eigenvalue weighted by Crippen LogP contribution is -2.35. The van der Waals surface area contributed by atoms with Crippen LogP contribution in [0.3, 0.4) is 0 Å². The summed E-state index contributed by atoms with van der Waals surface area (Å²) in [5, 5.41) is 19.6. The molecule has 0 radical (unpaired) electrons. The smallest absolute Gasteiger partial charge is 0.115 e. The molecule has 0 aliphatic heterocycles. The predicted molar refractivity (Wildman–Crippen MR) is 79.0 cm³/mol. The molecule has 2 rings (SSSR count). The van der Waals surface area contributed by atoms with Gasteiger partial charge in [-0.1, -0.05) is 19.3 Å². The number of aliphatic hydroxyl groups is 2. The van der Waals surface area contributed by atoms with Crippen LogP contribution >= 0.6 is 0 Å². The van der Waals surface area contributed by atoms with Crippen molar-refractivity contribution in [2.45, 2.75) is 57.2 Å². The van der Waals surface area contributed by atoms with E-state index in [0.717, 1.165) is 30.8 Å². The van der Waals surface area contributed by atoms with Crippen LogP contribution in [-0.2, 0) is 4.74 Å². The average molecular weight is 281 g/mol. The Hall–Kier alpha value is -0.840. The van der Waals surface area contributed by atoms with Crippen molar-refractivity contribution in [3.63, 3.8) is 0 Å². The zero-order valence-electron chi connectivity index (χ0n) is 12.1. The maximum Gasteiger partial charge on any atom is 0.115 e. The first-order valence-corrected chi connectivity index (χ1v) is 7.80. The quantitative estimate of drug-likeness (QED) is 0.694. The summed E-state index contributed by atoms with van der Waals surface area (Å²) < 4.78 is 5.88. The average Bonchev–Trinajstić information content (AvgIpc) is 2.52. The number of hydrogen-bond donors (Lipinski definition) is 3. The van der Waals surface area contributed by atoms with E-state index in [0.29, 0.717) is 5.92 Å². The number of aliphatic hydroxyl groups excluding tert-OH is 2. The summed E-state index contributed by atoms with van der Waals surface area (Å²) in [5.74, 6) is 1.50. The molecular formula is C16H27NO3. The standard InChI is InChI=1S/C16H27NO3/c17-10-15(18)16(19)13-7-4-8-14(9-13)20-11-12-5-2-1-3-6-12/h8-9,12,15-16,18-19H,1-7,10-11,17H2/t15?,16-/m0/s1. The van der Waals surface area contributed by atoms with E-state index in [4.69, 9.17) is 10.5 Å². The molecule has 2 aliphatic carbocycles. The Morgan fingerprint density at radius 1 is 1.25 bits per heavy atom. The number of rotatable bonds is 6. The van der Waals surface area contributed by atoms with Crippen molar-refractivity contribution in [2.75, 3.05) is 13.2 Å². The first-order valence-electron chi connectivity index (χ1n) is 7.80. The summed E-state index contributed by atoms with van der Waals surface area (Å²) >= 11 is 0. The van der Waals surface area contributed by atoms with Gasteiger partial charge in [-0.2, -0.15) is 0 Å². The molecule has 2 aliphatic rings. The molecule has 0 aromatic carbocycles. The van der Waals surface area contributed by atoms with Crippen LogP contribution in [-0.4, -0.2) is 35.6 Å². The molecule has 4 nitrogen and oxygen atoms in total. The monoisotopic (exact) mass is 281 g/mol. The second kappa shape index (κ2) is 7.81. The lowest BCUT2D eigenvalue weighted by molar-refractivity contribution is 0.0452. The molecule has 20 heavy (non-hydrogen) atoms. The Balaban J connectivity index is 1.85. The molecule has 0 aromatic heterocycles. The van der Waals surface area contributed by atoms with Crippen LogP contribution in [0.4, 0.5) is 0 Å². The van der Waals surface area contributed by atoms with Crippen molar-refractivity contribution in [1.29, 1.82) is 0 Å². The van der Waals surface area contributed by atoms with Crippen LogP contribution in [0.15, 0.2) is 23.5 Å². The summed E-state index contributed by atoms with van der Waals surface area (Å²) in [5.41, 5.74) is 6.21. The number of hydrogen-bond acceptors (Lipinski definition) is 4. The maximum atomic E-state index is 10.00. The molecule has 1 unspecified atom stereocenters. The van der Waals surface area contributed by atoms with Crippen LogP contribution < -0.4 is 5.73 Å². The highest BCUT2D eigenvalue weighted by Gasteiger charge is 2.21. The van der Waals surface area contributed by atoms with Gasteiger partial charge in [-0.25, -0.2) is 0 Å². The van der Waals surface area contributed by atoms with Crippen LogP contribution in [0.2, 0.25) is 0 Å². The van der Waals surface area contributed by atoms with Gasteiger partial charge in [0.1, 0.15) is 11.9 Å². The van der Waals surface area contributed by atoms with E-state index >= 15 is 0 Å². The van der Waals surface area contributed by atoms with Gasteiger partial charge >= 0.3 is 0 Å². The second-order valence-corrected chi connectivity index (χ2v) is 5.93. The van der Waals surface area contributed by atoms with E-state index in [1.807, 2.05) is 6.08 Å². The molecule has 0 heterocycles. The molecule has 0 spiro atoms. The minimum absolute atomic E-state index is 0.0699. The lowest BCUT2D eigenvalue weighted by atomic mass is 9.90. The van der Waals surface area contributed by atoms with Crippen molar-refractivity contribution < 1.29 is 14.9 Å². The first kappa shape index (κ1) is 15.5. The fourth-order valence-corrected chi connectivity index (χ4v) is 2.97. The summed E-state index contributed by atoms with van der Waals surface area (Å²) in [6.45, 7) is 0.839. The summed E-state index contributed by atoms with van der Waals surface area (Å²) in [4.78, 5) is 0.